The summed E-state index contributed by atoms with van der Waals surface area (Å²) in [5.74, 6) is 0.696. The van der Waals surface area contributed by atoms with E-state index >= 15 is 0 Å². The second-order valence-electron chi connectivity index (χ2n) is 5.49. The van der Waals surface area contributed by atoms with E-state index in [1.807, 2.05) is 29.6 Å². The van der Waals surface area contributed by atoms with Gasteiger partial charge in [-0.25, -0.2) is 4.98 Å². The van der Waals surface area contributed by atoms with Crippen molar-refractivity contribution in [1.82, 2.24) is 10.3 Å². The number of halogens is 1. The van der Waals surface area contributed by atoms with Gasteiger partial charge in [-0.15, -0.1) is 11.3 Å². The van der Waals surface area contributed by atoms with E-state index in [1.54, 1.807) is 0 Å². The van der Waals surface area contributed by atoms with Crippen molar-refractivity contribution in [1.29, 1.82) is 0 Å². The highest BCUT2D eigenvalue weighted by Gasteiger charge is 2.16. The van der Waals surface area contributed by atoms with Crippen molar-refractivity contribution in [3.8, 4) is 11.3 Å². The first kappa shape index (κ1) is 15.6. The van der Waals surface area contributed by atoms with E-state index in [4.69, 9.17) is 0 Å². The molecule has 22 heavy (non-hydrogen) atoms. The number of carbonyl (C=O) groups is 1. The van der Waals surface area contributed by atoms with Crippen molar-refractivity contribution in [2.45, 2.75) is 19.3 Å². The van der Waals surface area contributed by atoms with Gasteiger partial charge in [0, 0.05) is 21.8 Å². The maximum atomic E-state index is 12.0. The predicted molar refractivity (Wildman–Crippen MR) is 94.1 cm³/mol. The largest absolute Gasteiger partial charge is 0.316 e. The molecule has 116 valence electrons. The fourth-order valence-corrected chi connectivity index (χ4v) is 3.72. The Balaban J connectivity index is 1.55. The molecule has 1 aliphatic rings. The van der Waals surface area contributed by atoms with Crippen molar-refractivity contribution in [3.05, 3.63) is 34.1 Å². The molecule has 1 atom stereocenters. The number of amides is 1. The van der Waals surface area contributed by atoms with Crippen LogP contribution in [-0.4, -0.2) is 24.0 Å². The first-order valence-corrected chi connectivity index (χ1v) is 9.10. The summed E-state index contributed by atoms with van der Waals surface area (Å²) in [6.07, 6.45) is 2.69. The molecular formula is C16H18BrN3OS. The Morgan fingerprint density at radius 1 is 1.50 bits per heavy atom. The summed E-state index contributed by atoms with van der Waals surface area (Å²) >= 11 is 4.93. The number of benzene rings is 1. The molecule has 1 unspecified atom stereocenters. The van der Waals surface area contributed by atoms with Crippen LogP contribution in [0.25, 0.3) is 11.3 Å². The van der Waals surface area contributed by atoms with Gasteiger partial charge < -0.3 is 10.6 Å². The van der Waals surface area contributed by atoms with Crippen molar-refractivity contribution in [2.24, 2.45) is 5.92 Å². The lowest BCUT2D eigenvalue weighted by Gasteiger charge is -2.07. The van der Waals surface area contributed by atoms with E-state index in [1.165, 1.54) is 17.8 Å². The molecule has 2 N–H and O–H groups in total. The topological polar surface area (TPSA) is 54.0 Å². The Kier molecular flexibility index (Phi) is 5.23. The van der Waals surface area contributed by atoms with E-state index in [0.29, 0.717) is 17.5 Å². The Bertz CT molecular complexity index is 652. The number of anilines is 1. The monoisotopic (exact) mass is 379 g/mol. The zero-order valence-electron chi connectivity index (χ0n) is 12.1. The van der Waals surface area contributed by atoms with Gasteiger partial charge in [-0.2, -0.15) is 0 Å². The number of rotatable bonds is 5. The van der Waals surface area contributed by atoms with Crippen molar-refractivity contribution >= 4 is 38.3 Å². The second kappa shape index (κ2) is 7.35. The molecule has 1 aliphatic heterocycles. The molecule has 4 nitrogen and oxygen atoms in total. The Labute approximate surface area is 142 Å². The average molecular weight is 380 g/mol. The number of hydrogen-bond acceptors (Lipinski definition) is 4. The summed E-state index contributed by atoms with van der Waals surface area (Å²) < 4.78 is 1.02. The van der Waals surface area contributed by atoms with Crippen LogP contribution in [-0.2, 0) is 4.79 Å². The van der Waals surface area contributed by atoms with Crippen molar-refractivity contribution in [3.63, 3.8) is 0 Å². The van der Waals surface area contributed by atoms with Crippen LogP contribution in [0, 0.1) is 5.92 Å². The van der Waals surface area contributed by atoms with Gasteiger partial charge in [-0.05, 0) is 44.0 Å². The molecule has 3 rings (SSSR count). The van der Waals surface area contributed by atoms with Crippen LogP contribution in [0.4, 0.5) is 5.13 Å². The highest BCUT2D eigenvalue weighted by molar-refractivity contribution is 9.10. The molecule has 0 aliphatic carbocycles. The van der Waals surface area contributed by atoms with Gasteiger partial charge >= 0.3 is 0 Å². The quantitative estimate of drug-likeness (QED) is 0.827. The highest BCUT2D eigenvalue weighted by Crippen LogP contribution is 2.27. The second-order valence-corrected chi connectivity index (χ2v) is 7.27. The molecule has 0 spiro atoms. The van der Waals surface area contributed by atoms with Crippen LogP contribution in [0.15, 0.2) is 34.1 Å². The molecule has 0 bridgehead atoms. The third-order valence-corrected chi connectivity index (χ3v) is 5.06. The number of carbonyl (C=O) groups excluding carboxylic acids is 1. The molecule has 0 radical (unpaired) electrons. The molecule has 1 aromatic carbocycles. The smallest absolute Gasteiger partial charge is 0.226 e. The third-order valence-electron chi connectivity index (χ3n) is 3.81. The molecule has 2 aromatic rings. The zero-order valence-corrected chi connectivity index (χ0v) is 14.5. The van der Waals surface area contributed by atoms with Crippen LogP contribution >= 0.6 is 27.3 Å². The fraction of sp³-hybridized carbons (Fsp3) is 0.375. The van der Waals surface area contributed by atoms with E-state index in [-0.39, 0.29) is 5.91 Å². The molecule has 6 heteroatoms. The number of nitrogens with one attached hydrogen (secondary N) is 2. The minimum Gasteiger partial charge on any atom is -0.316 e. The maximum absolute atomic E-state index is 12.0. The van der Waals surface area contributed by atoms with Gasteiger partial charge in [0.1, 0.15) is 0 Å². The number of aromatic nitrogens is 1. The lowest BCUT2D eigenvalue weighted by Crippen LogP contribution is -2.14. The maximum Gasteiger partial charge on any atom is 0.226 e. The lowest BCUT2D eigenvalue weighted by atomic mass is 10.0. The lowest BCUT2D eigenvalue weighted by molar-refractivity contribution is -0.116. The van der Waals surface area contributed by atoms with Gasteiger partial charge in [-0.1, -0.05) is 28.1 Å². The van der Waals surface area contributed by atoms with E-state index in [2.05, 4.69) is 31.5 Å². The van der Waals surface area contributed by atoms with E-state index in [9.17, 15) is 4.79 Å². The summed E-state index contributed by atoms with van der Waals surface area (Å²) in [5, 5.41) is 8.87. The number of thiazole rings is 1. The summed E-state index contributed by atoms with van der Waals surface area (Å²) in [5.41, 5.74) is 1.93. The van der Waals surface area contributed by atoms with Crippen LogP contribution in [0.2, 0.25) is 0 Å². The van der Waals surface area contributed by atoms with Crippen molar-refractivity contribution < 1.29 is 4.79 Å². The molecule has 1 fully saturated rings. The minimum absolute atomic E-state index is 0.0574. The summed E-state index contributed by atoms with van der Waals surface area (Å²) in [4.78, 5) is 16.5. The summed E-state index contributed by atoms with van der Waals surface area (Å²) in [6, 6.07) is 8.00. The van der Waals surface area contributed by atoms with Gasteiger partial charge in [0.2, 0.25) is 5.91 Å². The molecule has 1 aromatic heterocycles. The van der Waals surface area contributed by atoms with Crippen LogP contribution < -0.4 is 10.6 Å². The molecule has 0 saturated carbocycles. The van der Waals surface area contributed by atoms with Crippen molar-refractivity contribution in [2.75, 3.05) is 18.4 Å². The molecular weight excluding hydrogens is 362 g/mol. The third kappa shape index (κ3) is 4.15. The molecule has 1 saturated heterocycles. The van der Waals surface area contributed by atoms with Crippen LogP contribution in [0.5, 0.6) is 0 Å². The van der Waals surface area contributed by atoms with Gasteiger partial charge in [-0.3, -0.25) is 4.79 Å². The summed E-state index contributed by atoms with van der Waals surface area (Å²) in [7, 11) is 0. The Morgan fingerprint density at radius 2 is 2.41 bits per heavy atom. The van der Waals surface area contributed by atoms with Gasteiger partial charge in [0.15, 0.2) is 5.13 Å². The summed E-state index contributed by atoms with van der Waals surface area (Å²) in [6.45, 7) is 2.12. The fourth-order valence-electron chi connectivity index (χ4n) is 2.59. The average Bonchev–Trinajstić information content (AvgIpc) is 3.16. The number of nitrogens with zero attached hydrogens (tertiary/aromatic N) is 1. The Morgan fingerprint density at radius 3 is 3.18 bits per heavy atom. The van der Waals surface area contributed by atoms with Crippen LogP contribution in [0.1, 0.15) is 19.3 Å². The standard InChI is InChI=1S/C16H18BrN3OS/c17-13-3-1-2-12(8-13)14-10-22-16(19-14)20-15(21)5-4-11-6-7-18-9-11/h1-3,8,10-11,18H,4-7,9H2,(H,19,20,21). The van der Waals surface area contributed by atoms with Gasteiger partial charge in [0.05, 0.1) is 5.69 Å². The Hall–Kier alpha value is -1.24. The first-order valence-electron chi connectivity index (χ1n) is 7.43. The predicted octanol–water partition coefficient (Wildman–Crippen LogP) is 3.90. The highest BCUT2D eigenvalue weighted by atomic mass is 79.9. The first-order chi connectivity index (χ1) is 10.7. The SMILES string of the molecule is O=C(CCC1CCNC1)Nc1nc(-c2cccc(Br)c2)cs1. The minimum atomic E-state index is 0.0574. The molecule has 1 amide bonds. The normalized spacial score (nSPS) is 17.6. The van der Waals surface area contributed by atoms with Gasteiger partial charge in [0.25, 0.3) is 0 Å². The van der Waals surface area contributed by atoms with E-state index < -0.39 is 0 Å². The number of hydrogen-bond donors (Lipinski definition) is 2. The molecule has 2 heterocycles. The van der Waals surface area contributed by atoms with E-state index in [0.717, 1.165) is 35.2 Å². The van der Waals surface area contributed by atoms with Crippen LogP contribution in [0.3, 0.4) is 0 Å². The zero-order chi connectivity index (χ0) is 15.4.